The molecule has 0 amide bonds. The zero-order valence-electron chi connectivity index (χ0n) is 14.7. The lowest BCUT2D eigenvalue weighted by Gasteiger charge is -2.34. The summed E-state index contributed by atoms with van der Waals surface area (Å²) in [5.41, 5.74) is 0.576. The summed E-state index contributed by atoms with van der Waals surface area (Å²) in [6.45, 7) is 11.6. The number of benzene rings is 1. The van der Waals surface area contributed by atoms with E-state index in [0.717, 1.165) is 31.6 Å². The van der Waals surface area contributed by atoms with Crippen LogP contribution < -0.4 is 10.4 Å². The first-order valence-corrected chi connectivity index (χ1v) is 8.28. The van der Waals surface area contributed by atoms with E-state index in [4.69, 9.17) is 9.31 Å². The van der Waals surface area contributed by atoms with Crippen LogP contribution in [0, 0.1) is 5.82 Å². The normalized spacial score (nSPS) is 24.3. The Morgan fingerprint density at radius 2 is 1.57 bits per heavy atom. The van der Waals surface area contributed by atoms with Gasteiger partial charge in [0.05, 0.1) is 16.9 Å². The molecule has 0 radical (unpaired) electrons. The Hall–Kier alpha value is -1.11. The van der Waals surface area contributed by atoms with Crippen LogP contribution >= 0.6 is 0 Å². The van der Waals surface area contributed by atoms with Crippen molar-refractivity contribution in [2.24, 2.45) is 0 Å². The zero-order chi connectivity index (χ0) is 16.8. The first-order chi connectivity index (χ1) is 10.7. The van der Waals surface area contributed by atoms with E-state index >= 15 is 0 Å². The molecule has 2 fully saturated rings. The number of nitrogens with zero attached hydrogens (tertiary/aromatic N) is 2. The van der Waals surface area contributed by atoms with Crippen molar-refractivity contribution in [2.75, 3.05) is 38.1 Å². The molecule has 2 saturated heterocycles. The number of anilines is 1. The van der Waals surface area contributed by atoms with Crippen LogP contribution in [0.3, 0.4) is 0 Å². The lowest BCUT2D eigenvalue weighted by molar-refractivity contribution is 0.00578. The second-order valence-electron chi connectivity index (χ2n) is 7.59. The molecule has 3 rings (SSSR count). The summed E-state index contributed by atoms with van der Waals surface area (Å²) >= 11 is 0. The first kappa shape index (κ1) is 16.7. The SMILES string of the molecule is CN1CCN(c2ccc(B3OC(C)(C)C(C)(C)O3)cc2F)CC1. The van der Waals surface area contributed by atoms with E-state index in [1.165, 1.54) is 0 Å². The van der Waals surface area contributed by atoms with Crippen LogP contribution in [0.1, 0.15) is 27.7 Å². The van der Waals surface area contributed by atoms with Gasteiger partial charge in [-0.3, -0.25) is 0 Å². The fourth-order valence-electron chi connectivity index (χ4n) is 2.95. The second-order valence-corrected chi connectivity index (χ2v) is 7.59. The number of hydrogen-bond donors (Lipinski definition) is 0. The van der Waals surface area contributed by atoms with Crippen LogP contribution in [0.15, 0.2) is 18.2 Å². The molecular weight excluding hydrogens is 294 g/mol. The highest BCUT2D eigenvalue weighted by atomic mass is 19.1. The molecule has 4 nitrogen and oxygen atoms in total. The van der Waals surface area contributed by atoms with Crippen LogP contribution in [-0.4, -0.2) is 56.4 Å². The maximum atomic E-state index is 14.6. The highest BCUT2D eigenvalue weighted by Gasteiger charge is 2.51. The second kappa shape index (κ2) is 5.76. The third-order valence-electron chi connectivity index (χ3n) is 5.34. The molecule has 1 aromatic carbocycles. The average molecular weight is 320 g/mol. The molecule has 126 valence electrons. The molecule has 1 aromatic rings. The number of likely N-dealkylation sites (N-methyl/N-ethyl adjacent to an activating group) is 1. The van der Waals surface area contributed by atoms with Crippen molar-refractivity contribution >= 4 is 18.3 Å². The third kappa shape index (κ3) is 3.12. The number of hydrogen-bond acceptors (Lipinski definition) is 4. The topological polar surface area (TPSA) is 24.9 Å². The predicted octanol–water partition coefficient (Wildman–Crippen LogP) is 1.88. The lowest BCUT2D eigenvalue weighted by atomic mass is 9.79. The lowest BCUT2D eigenvalue weighted by Crippen LogP contribution is -2.45. The van der Waals surface area contributed by atoms with Crippen LogP contribution in [-0.2, 0) is 9.31 Å². The van der Waals surface area contributed by atoms with Gasteiger partial charge in [0, 0.05) is 26.2 Å². The summed E-state index contributed by atoms with van der Waals surface area (Å²) in [5.74, 6) is -0.207. The molecule has 0 aliphatic carbocycles. The van der Waals surface area contributed by atoms with E-state index < -0.39 is 18.3 Å². The van der Waals surface area contributed by atoms with E-state index in [9.17, 15) is 4.39 Å². The van der Waals surface area contributed by atoms with Gasteiger partial charge >= 0.3 is 7.12 Å². The number of piperazine rings is 1. The quantitative estimate of drug-likeness (QED) is 0.777. The standard InChI is InChI=1S/C17H26BFN2O2/c1-16(2)17(3,4)23-18(22-16)13-6-7-15(14(19)12-13)21-10-8-20(5)9-11-21/h6-7,12H,8-11H2,1-5H3. The van der Waals surface area contributed by atoms with Gasteiger partial charge in [0.15, 0.2) is 0 Å². The Balaban J connectivity index is 1.78. The molecule has 0 bridgehead atoms. The molecule has 2 aliphatic rings. The van der Waals surface area contributed by atoms with Gasteiger partial charge in [0.25, 0.3) is 0 Å². The number of halogens is 1. The van der Waals surface area contributed by atoms with Gasteiger partial charge in [-0.15, -0.1) is 0 Å². The molecule has 0 atom stereocenters. The van der Waals surface area contributed by atoms with Gasteiger partial charge in [-0.1, -0.05) is 6.07 Å². The zero-order valence-corrected chi connectivity index (χ0v) is 14.7. The smallest absolute Gasteiger partial charge is 0.399 e. The van der Waals surface area contributed by atoms with E-state index in [2.05, 4.69) is 16.8 Å². The largest absolute Gasteiger partial charge is 0.494 e. The molecule has 2 heterocycles. The Bertz CT molecular complexity index is 570. The van der Waals surface area contributed by atoms with Crippen LogP contribution in [0.25, 0.3) is 0 Å². The van der Waals surface area contributed by atoms with Gasteiger partial charge in [-0.25, -0.2) is 4.39 Å². The van der Waals surface area contributed by atoms with Crippen LogP contribution in [0.5, 0.6) is 0 Å². The molecule has 0 saturated carbocycles. The summed E-state index contributed by atoms with van der Waals surface area (Å²) in [7, 11) is 1.57. The van der Waals surface area contributed by atoms with Crippen LogP contribution in [0.4, 0.5) is 10.1 Å². The van der Waals surface area contributed by atoms with E-state index in [-0.39, 0.29) is 5.82 Å². The van der Waals surface area contributed by atoms with Gasteiger partial charge in [-0.2, -0.15) is 0 Å². The summed E-state index contributed by atoms with van der Waals surface area (Å²) in [5, 5.41) is 0. The Kier molecular flexibility index (Phi) is 4.19. The van der Waals surface area contributed by atoms with E-state index in [1.807, 2.05) is 39.8 Å². The Morgan fingerprint density at radius 1 is 1.00 bits per heavy atom. The highest BCUT2D eigenvalue weighted by Crippen LogP contribution is 2.36. The fraction of sp³-hybridized carbons (Fsp3) is 0.647. The third-order valence-corrected chi connectivity index (χ3v) is 5.34. The van der Waals surface area contributed by atoms with Crippen molar-refractivity contribution in [1.29, 1.82) is 0 Å². The predicted molar refractivity (Wildman–Crippen MR) is 91.8 cm³/mol. The van der Waals surface area contributed by atoms with Gasteiger partial charge in [0.2, 0.25) is 0 Å². The van der Waals surface area contributed by atoms with Crippen molar-refractivity contribution < 1.29 is 13.7 Å². The van der Waals surface area contributed by atoms with Gasteiger partial charge in [0.1, 0.15) is 5.82 Å². The average Bonchev–Trinajstić information content (AvgIpc) is 2.68. The Labute approximate surface area is 138 Å². The molecule has 0 unspecified atom stereocenters. The summed E-state index contributed by atoms with van der Waals surface area (Å²) in [6, 6.07) is 5.32. The monoisotopic (exact) mass is 320 g/mol. The van der Waals surface area contributed by atoms with Crippen LogP contribution in [0.2, 0.25) is 0 Å². The molecule has 6 heteroatoms. The molecule has 0 aromatic heterocycles. The maximum Gasteiger partial charge on any atom is 0.494 e. The van der Waals surface area contributed by atoms with E-state index in [1.54, 1.807) is 6.07 Å². The van der Waals surface area contributed by atoms with Crippen molar-refractivity contribution in [1.82, 2.24) is 4.90 Å². The molecule has 23 heavy (non-hydrogen) atoms. The van der Waals surface area contributed by atoms with E-state index in [0.29, 0.717) is 5.69 Å². The number of rotatable bonds is 2. The molecule has 0 spiro atoms. The van der Waals surface area contributed by atoms with Gasteiger partial charge in [-0.05, 0) is 52.3 Å². The Morgan fingerprint density at radius 3 is 2.09 bits per heavy atom. The minimum Gasteiger partial charge on any atom is -0.399 e. The summed E-state index contributed by atoms with van der Waals surface area (Å²) in [6.07, 6.45) is 0. The van der Waals surface area contributed by atoms with Crippen molar-refractivity contribution in [2.45, 2.75) is 38.9 Å². The summed E-state index contributed by atoms with van der Waals surface area (Å²) < 4.78 is 26.6. The minimum absolute atomic E-state index is 0.207. The first-order valence-electron chi connectivity index (χ1n) is 8.28. The molecule has 2 aliphatic heterocycles. The minimum atomic E-state index is -0.518. The molecular formula is C17H26BFN2O2. The van der Waals surface area contributed by atoms with Crippen molar-refractivity contribution in [3.8, 4) is 0 Å². The maximum absolute atomic E-state index is 14.6. The fourth-order valence-corrected chi connectivity index (χ4v) is 2.95. The molecule has 0 N–H and O–H groups in total. The van der Waals surface area contributed by atoms with Crippen molar-refractivity contribution in [3.63, 3.8) is 0 Å². The highest BCUT2D eigenvalue weighted by molar-refractivity contribution is 6.62. The summed E-state index contributed by atoms with van der Waals surface area (Å²) in [4.78, 5) is 4.36. The van der Waals surface area contributed by atoms with Gasteiger partial charge < -0.3 is 19.1 Å². The van der Waals surface area contributed by atoms with Crippen molar-refractivity contribution in [3.05, 3.63) is 24.0 Å².